The molecule has 10 heteroatoms. The number of para-hydroxylation sites is 1. The summed E-state index contributed by atoms with van der Waals surface area (Å²) in [5.74, 6) is 1.05. The number of hydrogen-bond donors (Lipinski definition) is 2. The molecule has 35 heavy (non-hydrogen) atoms. The lowest BCUT2D eigenvalue weighted by atomic mass is 10.1. The van der Waals surface area contributed by atoms with Crippen molar-refractivity contribution in [3.05, 3.63) is 83.4 Å². The van der Waals surface area contributed by atoms with Crippen molar-refractivity contribution in [1.29, 1.82) is 0 Å². The van der Waals surface area contributed by atoms with Crippen LogP contribution in [0.3, 0.4) is 0 Å². The minimum absolute atomic E-state index is 0.0318. The van der Waals surface area contributed by atoms with Crippen LogP contribution in [0.1, 0.15) is 17.0 Å². The Balaban J connectivity index is 1.63. The Kier molecular flexibility index (Phi) is 7.13. The average molecular weight is 497 g/mol. The summed E-state index contributed by atoms with van der Waals surface area (Å²) in [5.41, 5.74) is 2.07. The van der Waals surface area contributed by atoms with Gasteiger partial charge in [0.15, 0.2) is 0 Å². The van der Waals surface area contributed by atoms with Gasteiger partial charge in [0.25, 0.3) is 0 Å². The van der Waals surface area contributed by atoms with Crippen molar-refractivity contribution < 1.29 is 22.3 Å². The molecule has 0 aliphatic rings. The predicted molar refractivity (Wildman–Crippen MR) is 132 cm³/mol. The molecule has 0 aliphatic carbocycles. The monoisotopic (exact) mass is 496 g/mol. The number of fused-ring (bicyclic) bond motifs is 1. The molecule has 0 atom stereocenters. The first-order chi connectivity index (χ1) is 16.8. The van der Waals surface area contributed by atoms with Gasteiger partial charge in [-0.15, -0.1) is 0 Å². The Morgan fingerprint density at radius 1 is 0.943 bits per heavy atom. The van der Waals surface area contributed by atoms with Crippen LogP contribution in [0.25, 0.3) is 10.9 Å². The Morgan fingerprint density at radius 2 is 1.74 bits per heavy atom. The van der Waals surface area contributed by atoms with Crippen LogP contribution in [0.15, 0.2) is 65.6 Å². The molecule has 0 aliphatic heterocycles. The third-order valence-electron chi connectivity index (χ3n) is 5.46. The van der Waals surface area contributed by atoms with Crippen LogP contribution >= 0.6 is 0 Å². The number of aromatic nitrogens is 2. The molecule has 0 spiro atoms. The van der Waals surface area contributed by atoms with Gasteiger partial charge >= 0.3 is 0 Å². The molecular weight excluding hydrogens is 471 g/mol. The second-order valence-corrected chi connectivity index (χ2v) is 9.48. The van der Waals surface area contributed by atoms with Crippen molar-refractivity contribution in [2.45, 2.75) is 24.9 Å². The molecule has 1 aromatic heterocycles. The van der Waals surface area contributed by atoms with E-state index in [4.69, 9.17) is 9.47 Å². The molecule has 2 N–H and O–H groups in total. The number of rotatable bonds is 9. The van der Waals surface area contributed by atoms with E-state index in [1.54, 1.807) is 18.2 Å². The van der Waals surface area contributed by atoms with Crippen molar-refractivity contribution in [2.75, 3.05) is 19.5 Å². The first-order valence-electron chi connectivity index (χ1n) is 10.8. The number of methoxy groups -OCH3 is 2. The summed E-state index contributed by atoms with van der Waals surface area (Å²) in [4.78, 5) is 9.07. The molecule has 0 saturated heterocycles. The van der Waals surface area contributed by atoms with E-state index in [2.05, 4.69) is 20.0 Å². The number of nitrogens with zero attached hydrogens (tertiary/aromatic N) is 2. The minimum atomic E-state index is -3.94. The van der Waals surface area contributed by atoms with E-state index in [1.807, 2.05) is 25.1 Å². The number of nitrogens with one attached hydrogen (secondary N) is 2. The van der Waals surface area contributed by atoms with E-state index in [-0.39, 0.29) is 35.4 Å². The average Bonchev–Trinajstić information content (AvgIpc) is 2.87. The maximum Gasteiger partial charge on any atom is 0.244 e. The Morgan fingerprint density at radius 3 is 2.49 bits per heavy atom. The first-order valence-corrected chi connectivity index (χ1v) is 12.3. The van der Waals surface area contributed by atoms with Crippen LogP contribution in [0.4, 0.5) is 10.2 Å². The highest BCUT2D eigenvalue weighted by molar-refractivity contribution is 7.89. The van der Waals surface area contributed by atoms with Crippen molar-refractivity contribution in [3.63, 3.8) is 0 Å². The molecule has 8 nitrogen and oxygen atoms in total. The van der Waals surface area contributed by atoms with Gasteiger partial charge in [0.05, 0.1) is 26.3 Å². The zero-order chi connectivity index (χ0) is 25.0. The molecule has 3 aromatic carbocycles. The fourth-order valence-electron chi connectivity index (χ4n) is 3.61. The second-order valence-electron chi connectivity index (χ2n) is 7.75. The summed E-state index contributed by atoms with van der Waals surface area (Å²) in [6.45, 7) is 1.96. The Hall–Kier alpha value is -3.76. The van der Waals surface area contributed by atoms with Gasteiger partial charge in [-0.25, -0.2) is 27.5 Å². The van der Waals surface area contributed by atoms with E-state index >= 15 is 0 Å². The zero-order valence-corrected chi connectivity index (χ0v) is 20.3. The van der Waals surface area contributed by atoms with Crippen LogP contribution < -0.4 is 19.5 Å². The number of hydrogen-bond acceptors (Lipinski definition) is 7. The maximum atomic E-state index is 14.1. The molecule has 1 heterocycles. The molecular formula is C25H25FN4O4S. The number of ether oxygens (including phenoxy) is 2. The number of halogens is 1. The Bertz CT molecular complexity index is 1480. The maximum absolute atomic E-state index is 14.1. The number of anilines is 1. The summed E-state index contributed by atoms with van der Waals surface area (Å²) < 4.78 is 53.0. The number of aryl methyl sites for hydroxylation is 1. The van der Waals surface area contributed by atoms with Crippen molar-refractivity contribution in [1.82, 2.24) is 14.7 Å². The fourth-order valence-corrected chi connectivity index (χ4v) is 4.74. The lowest BCUT2D eigenvalue weighted by Crippen LogP contribution is -2.25. The van der Waals surface area contributed by atoms with Gasteiger partial charge in [-0.1, -0.05) is 30.3 Å². The topological polar surface area (TPSA) is 102 Å². The molecule has 0 saturated carbocycles. The molecule has 0 amide bonds. The number of benzene rings is 3. The second kappa shape index (κ2) is 10.2. The van der Waals surface area contributed by atoms with Gasteiger partial charge in [0.2, 0.25) is 10.0 Å². The van der Waals surface area contributed by atoms with Crippen LogP contribution in [-0.4, -0.2) is 32.6 Å². The molecule has 4 rings (SSSR count). The number of sulfonamides is 1. The molecule has 0 bridgehead atoms. The normalized spacial score (nSPS) is 11.4. The highest BCUT2D eigenvalue weighted by atomic mass is 32.2. The summed E-state index contributed by atoms with van der Waals surface area (Å²) in [6.07, 6.45) is 0. The molecule has 0 unspecified atom stereocenters. The van der Waals surface area contributed by atoms with Gasteiger partial charge < -0.3 is 14.8 Å². The summed E-state index contributed by atoms with van der Waals surface area (Å²) >= 11 is 0. The van der Waals surface area contributed by atoms with Gasteiger partial charge in [0, 0.05) is 23.6 Å². The first kappa shape index (κ1) is 24.4. The minimum Gasteiger partial charge on any atom is -0.497 e. The van der Waals surface area contributed by atoms with E-state index < -0.39 is 10.0 Å². The highest BCUT2D eigenvalue weighted by Crippen LogP contribution is 2.29. The smallest absolute Gasteiger partial charge is 0.244 e. The molecule has 4 aromatic rings. The van der Waals surface area contributed by atoms with Gasteiger partial charge in [-0.05, 0) is 36.8 Å². The SMILES string of the molecule is COc1ccc(S(=O)(=O)NCc2nc(NCc3ccccc3F)c3cccc(C)c3n2)c(OC)c1. The van der Waals surface area contributed by atoms with E-state index in [9.17, 15) is 12.8 Å². The standard InChI is InChI=1S/C25H25FN4O4S/c1-16-7-6-9-19-24(16)29-23(30-25(19)27-14-17-8-4-5-10-20(17)26)15-28-35(31,32)22-12-11-18(33-2)13-21(22)34-3/h4-13,28H,14-15H2,1-3H3,(H,27,29,30). The predicted octanol–water partition coefficient (Wildman–Crippen LogP) is 4.19. The third kappa shape index (κ3) is 5.33. The largest absolute Gasteiger partial charge is 0.497 e. The fraction of sp³-hybridized carbons (Fsp3) is 0.200. The summed E-state index contributed by atoms with van der Waals surface area (Å²) in [5, 5.41) is 3.92. The zero-order valence-electron chi connectivity index (χ0n) is 19.5. The van der Waals surface area contributed by atoms with Crippen LogP contribution in [0.5, 0.6) is 11.5 Å². The van der Waals surface area contributed by atoms with E-state index in [0.717, 1.165) is 10.9 Å². The van der Waals surface area contributed by atoms with Crippen LogP contribution in [-0.2, 0) is 23.1 Å². The quantitative estimate of drug-likeness (QED) is 0.358. The lowest BCUT2D eigenvalue weighted by molar-refractivity contribution is 0.386. The van der Waals surface area contributed by atoms with Crippen molar-refractivity contribution in [2.24, 2.45) is 0 Å². The van der Waals surface area contributed by atoms with E-state index in [0.29, 0.717) is 22.6 Å². The lowest BCUT2D eigenvalue weighted by Gasteiger charge is -2.14. The van der Waals surface area contributed by atoms with E-state index in [1.165, 1.54) is 38.5 Å². The van der Waals surface area contributed by atoms with Crippen LogP contribution in [0, 0.1) is 12.7 Å². The van der Waals surface area contributed by atoms with Crippen molar-refractivity contribution >= 4 is 26.7 Å². The Labute approximate surface area is 203 Å². The molecule has 0 radical (unpaired) electrons. The van der Waals surface area contributed by atoms with Crippen LogP contribution in [0.2, 0.25) is 0 Å². The summed E-state index contributed by atoms with van der Waals surface area (Å²) in [6, 6.07) is 16.6. The molecule has 0 fully saturated rings. The van der Waals surface area contributed by atoms with Gasteiger partial charge in [-0.2, -0.15) is 0 Å². The highest BCUT2D eigenvalue weighted by Gasteiger charge is 2.21. The van der Waals surface area contributed by atoms with Gasteiger partial charge in [-0.3, -0.25) is 0 Å². The summed E-state index contributed by atoms with van der Waals surface area (Å²) in [7, 11) is -1.07. The van der Waals surface area contributed by atoms with Gasteiger partial charge in [0.1, 0.15) is 33.9 Å². The van der Waals surface area contributed by atoms with Crippen molar-refractivity contribution in [3.8, 4) is 11.5 Å². The molecule has 182 valence electrons. The third-order valence-corrected chi connectivity index (χ3v) is 6.90.